The molecule has 1 amide bonds. The molecule has 5 nitrogen and oxygen atoms in total. The van der Waals surface area contributed by atoms with Crippen molar-refractivity contribution in [2.75, 3.05) is 36.5 Å². The van der Waals surface area contributed by atoms with Crippen molar-refractivity contribution in [2.45, 2.75) is 19.9 Å². The summed E-state index contributed by atoms with van der Waals surface area (Å²) in [7, 11) is 0. The summed E-state index contributed by atoms with van der Waals surface area (Å²) in [6.07, 6.45) is 3.86. The van der Waals surface area contributed by atoms with Crippen molar-refractivity contribution in [3.8, 4) is 0 Å². The fraction of sp³-hybridized carbons (Fsp3) is 0.368. The number of hydrogen-bond acceptors (Lipinski definition) is 3. The van der Waals surface area contributed by atoms with E-state index in [1.807, 2.05) is 67.2 Å². The van der Waals surface area contributed by atoms with Gasteiger partial charge in [-0.2, -0.15) is 4.57 Å². The first-order valence-electron chi connectivity index (χ1n) is 8.34. The lowest BCUT2D eigenvalue weighted by Gasteiger charge is -2.28. The van der Waals surface area contributed by atoms with E-state index < -0.39 is 0 Å². The number of aromatic nitrogens is 1. The van der Waals surface area contributed by atoms with E-state index in [0.29, 0.717) is 0 Å². The number of carbonyl (C=O) groups is 1. The van der Waals surface area contributed by atoms with Gasteiger partial charge in [-0.15, -0.1) is 0 Å². The van der Waals surface area contributed by atoms with Crippen molar-refractivity contribution in [3.05, 3.63) is 54.4 Å². The predicted molar refractivity (Wildman–Crippen MR) is 94.2 cm³/mol. The van der Waals surface area contributed by atoms with E-state index in [9.17, 15) is 4.79 Å². The quantitative estimate of drug-likeness (QED) is 0.877. The number of benzene rings is 1. The summed E-state index contributed by atoms with van der Waals surface area (Å²) < 4.78 is 7.28. The molecule has 1 aromatic heterocycles. The highest BCUT2D eigenvalue weighted by molar-refractivity contribution is 5.92. The summed E-state index contributed by atoms with van der Waals surface area (Å²) in [5.41, 5.74) is 3.16. The maximum atomic E-state index is 12.4. The van der Waals surface area contributed by atoms with Crippen LogP contribution in [0.3, 0.4) is 0 Å². The minimum atomic E-state index is -0.260. The minimum absolute atomic E-state index is 0.0250. The second-order valence-electron chi connectivity index (χ2n) is 6.13. The van der Waals surface area contributed by atoms with Gasteiger partial charge in [0.1, 0.15) is 0 Å². The first kappa shape index (κ1) is 16.5. The number of aryl methyl sites for hydroxylation is 1. The second-order valence-corrected chi connectivity index (χ2v) is 6.13. The summed E-state index contributed by atoms with van der Waals surface area (Å²) in [5, 5.41) is 2.98. The minimum Gasteiger partial charge on any atom is -0.378 e. The van der Waals surface area contributed by atoms with Crippen molar-refractivity contribution in [2.24, 2.45) is 0 Å². The first-order chi connectivity index (χ1) is 11.6. The zero-order chi connectivity index (χ0) is 16.9. The van der Waals surface area contributed by atoms with Crippen molar-refractivity contribution < 1.29 is 14.1 Å². The Morgan fingerprint density at radius 3 is 2.38 bits per heavy atom. The van der Waals surface area contributed by atoms with Crippen LogP contribution >= 0.6 is 0 Å². The van der Waals surface area contributed by atoms with Crippen LogP contribution in [0.4, 0.5) is 11.4 Å². The average Bonchev–Trinajstić information content (AvgIpc) is 2.63. The lowest BCUT2D eigenvalue weighted by atomic mass is 10.2. The molecule has 24 heavy (non-hydrogen) atoms. The molecule has 0 unspecified atom stereocenters. The number of morpholine rings is 1. The van der Waals surface area contributed by atoms with E-state index in [4.69, 9.17) is 4.74 Å². The van der Waals surface area contributed by atoms with Gasteiger partial charge in [-0.1, -0.05) is 0 Å². The van der Waals surface area contributed by atoms with E-state index in [1.165, 1.54) is 5.56 Å². The molecule has 2 heterocycles. The van der Waals surface area contributed by atoms with E-state index in [1.54, 1.807) is 0 Å². The Morgan fingerprint density at radius 1 is 1.12 bits per heavy atom. The molecule has 1 atom stereocenters. The highest BCUT2D eigenvalue weighted by Crippen LogP contribution is 2.19. The summed E-state index contributed by atoms with van der Waals surface area (Å²) in [6.45, 7) is 7.28. The zero-order valence-corrected chi connectivity index (χ0v) is 14.2. The van der Waals surface area contributed by atoms with Gasteiger partial charge < -0.3 is 15.0 Å². The van der Waals surface area contributed by atoms with Crippen LogP contribution < -0.4 is 14.8 Å². The highest BCUT2D eigenvalue weighted by atomic mass is 16.5. The molecule has 0 radical (unpaired) electrons. The molecule has 3 rings (SSSR count). The number of nitrogens with one attached hydrogen (secondary N) is 1. The van der Waals surface area contributed by atoms with Crippen molar-refractivity contribution in [1.29, 1.82) is 0 Å². The third kappa shape index (κ3) is 3.92. The lowest BCUT2D eigenvalue weighted by Crippen LogP contribution is -2.43. The molecule has 126 valence electrons. The number of amides is 1. The van der Waals surface area contributed by atoms with E-state index in [0.717, 1.165) is 37.7 Å². The van der Waals surface area contributed by atoms with Crippen LogP contribution in [0.1, 0.15) is 18.5 Å². The molecule has 0 aliphatic carbocycles. The second kappa shape index (κ2) is 7.45. The van der Waals surface area contributed by atoms with Gasteiger partial charge in [-0.25, -0.2) is 0 Å². The maximum absolute atomic E-state index is 12.4. The molecule has 0 spiro atoms. The monoisotopic (exact) mass is 326 g/mol. The average molecular weight is 326 g/mol. The fourth-order valence-corrected chi connectivity index (χ4v) is 2.73. The summed E-state index contributed by atoms with van der Waals surface area (Å²) in [6, 6.07) is 11.7. The third-order valence-electron chi connectivity index (χ3n) is 4.36. The third-order valence-corrected chi connectivity index (χ3v) is 4.36. The van der Waals surface area contributed by atoms with Gasteiger partial charge in [0.05, 0.1) is 13.2 Å². The molecule has 0 saturated carbocycles. The van der Waals surface area contributed by atoms with Gasteiger partial charge in [-0.05, 0) is 36.8 Å². The normalized spacial score (nSPS) is 15.8. The molecule has 1 aliphatic rings. The first-order valence-corrected chi connectivity index (χ1v) is 8.34. The standard InChI is InChI=1S/C19H23N3O2/c1-15-7-9-21(10-8-15)16(2)19(23)20-17-3-5-18(6-4-17)22-11-13-24-14-12-22/h3-10,16H,11-14H2,1-2H3/p+1/t16-/m0/s1. The SMILES string of the molecule is Cc1cc[n+]([C@@H](C)C(=O)Nc2ccc(N3CCOCC3)cc2)cc1. The van der Waals surface area contributed by atoms with Crippen molar-refractivity contribution >= 4 is 17.3 Å². The van der Waals surface area contributed by atoms with Gasteiger partial charge in [-0.3, -0.25) is 4.79 Å². The number of anilines is 2. The predicted octanol–water partition coefficient (Wildman–Crippen LogP) is 2.32. The summed E-state index contributed by atoms with van der Waals surface area (Å²) >= 11 is 0. The van der Waals surface area contributed by atoms with Crippen LogP contribution in [0.15, 0.2) is 48.8 Å². The molecule has 0 bridgehead atoms. The Bertz CT molecular complexity index is 677. The largest absolute Gasteiger partial charge is 0.378 e. The topological polar surface area (TPSA) is 45.5 Å². The summed E-state index contributed by atoms with van der Waals surface area (Å²) in [5.74, 6) is -0.0250. The van der Waals surface area contributed by atoms with Gasteiger partial charge in [0.15, 0.2) is 12.4 Å². The Morgan fingerprint density at radius 2 is 1.75 bits per heavy atom. The number of nitrogens with zero attached hydrogens (tertiary/aromatic N) is 2. The van der Waals surface area contributed by atoms with Crippen molar-refractivity contribution in [1.82, 2.24) is 0 Å². The molecule has 2 aromatic rings. The van der Waals surface area contributed by atoms with E-state index in [2.05, 4.69) is 10.2 Å². The molecule has 1 fully saturated rings. The van der Waals surface area contributed by atoms with Crippen LogP contribution in [0.25, 0.3) is 0 Å². The number of ether oxygens (including phenoxy) is 1. The van der Waals surface area contributed by atoms with Crippen LogP contribution in [0, 0.1) is 6.92 Å². The van der Waals surface area contributed by atoms with Gasteiger partial charge in [0.25, 0.3) is 5.91 Å². The number of rotatable bonds is 4. The Hall–Kier alpha value is -2.40. The molecular weight excluding hydrogens is 302 g/mol. The van der Waals surface area contributed by atoms with Crippen LogP contribution in [0.2, 0.25) is 0 Å². The van der Waals surface area contributed by atoms with Crippen LogP contribution in [0.5, 0.6) is 0 Å². The van der Waals surface area contributed by atoms with Gasteiger partial charge in [0, 0.05) is 43.5 Å². The zero-order valence-electron chi connectivity index (χ0n) is 14.2. The van der Waals surface area contributed by atoms with Crippen LogP contribution in [-0.2, 0) is 9.53 Å². The Kier molecular flexibility index (Phi) is 5.11. The molecule has 1 saturated heterocycles. The fourth-order valence-electron chi connectivity index (χ4n) is 2.73. The van der Waals surface area contributed by atoms with Gasteiger partial charge in [0.2, 0.25) is 6.04 Å². The maximum Gasteiger partial charge on any atom is 0.293 e. The lowest BCUT2D eigenvalue weighted by molar-refractivity contribution is -0.705. The molecule has 1 N–H and O–H groups in total. The van der Waals surface area contributed by atoms with Crippen molar-refractivity contribution in [3.63, 3.8) is 0 Å². The molecule has 5 heteroatoms. The van der Waals surface area contributed by atoms with E-state index >= 15 is 0 Å². The smallest absolute Gasteiger partial charge is 0.293 e. The van der Waals surface area contributed by atoms with E-state index in [-0.39, 0.29) is 11.9 Å². The number of hydrogen-bond donors (Lipinski definition) is 1. The Balaban J connectivity index is 1.62. The number of pyridine rings is 1. The molecule has 1 aromatic carbocycles. The van der Waals surface area contributed by atoms with Gasteiger partial charge >= 0.3 is 0 Å². The molecule has 1 aliphatic heterocycles. The summed E-state index contributed by atoms with van der Waals surface area (Å²) in [4.78, 5) is 14.7. The molecular formula is C19H24N3O2+. The Labute approximate surface area is 142 Å². The highest BCUT2D eigenvalue weighted by Gasteiger charge is 2.21. The number of carbonyl (C=O) groups excluding carboxylic acids is 1. The van der Waals surface area contributed by atoms with Crippen LogP contribution in [-0.4, -0.2) is 32.2 Å².